The van der Waals surface area contributed by atoms with Crippen LogP contribution in [-0.2, 0) is 47.3 Å². The third kappa shape index (κ3) is 12.9. The number of esters is 1. The highest BCUT2D eigenvalue weighted by Crippen LogP contribution is 2.42. The van der Waals surface area contributed by atoms with Crippen molar-refractivity contribution in [3.05, 3.63) is 36.0 Å². The Hall–Kier alpha value is -2.56. The van der Waals surface area contributed by atoms with Crippen LogP contribution in [0.3, 0.4) is 0 Å². The molecule has 2 N–H and O–H groups in total. The highest BCUT2D eigenvalue weighted by atomic mass is 28.4. The van der Waals surface area contributed by atoms with Gasteiger partial charge in [0.1, 0.15) is 24.0 Å². The fourth-order valence-corrected chi connectivity index (χ4v) is 11.5. The summed E-state index contributed by atoms with van der Waals surface area (Å²) in [5.41, 5.74) is 1.77. The van der Waals surface area contributed by atoms with E-state index in [-0.39, 0.29) is 54.6 Å². The van der Waals surface area contributed by atoms with Gasteiger partial charge in [-0.25, -0.2) is 4.79 Å². The molecule has 0 aromatic heterocycles. The summed E-state index contributed by atoms with van der Waals surface area (Å²) in [7, 11) is 2.14. The number of cyclic esters (lactones) is 1. The van der Waals surface area contributed by atoms with Crippen molar-refractivity contribution in [1.29, 1.82) is 0 Å². The van der Waals surface area contributed by atoms with Crippen molar-refractivity contribution in [2.45, 2.75) is 199 Å². The second-order valence-electron chi connectivity index (χ2n) is 21.1. The van der Waals surface area contributed by atoms with Gasteiger partial charge in [-0.3, -0.25) is 14.4 Å². The summed E-state index contributed by atoms with van der Waals surface area (Å²) in [6, 6.07) is -1.12. The zero-order chi connectivity index (χ0) is 47.9. The van der Waals surface area contributed by atoms with Crippen molar-refractivity contribution in [1.82, 2.24) is 4.90 Å². The van der Waals surface area contributed by atoms with Gasteiger partial charge in [-0.2, -0.15) is 0 Å². The van der Waals surface area contributed by atoms with E-state index in [0.29, 0.717) is 51.4 Å². The number of allylic oxidation sites excluding steroid dienone is 4. The van der Waals surface area contributed by atoms with Crippen LogP contribution in [-0.4, -0.2) is 129 Å². The number of ether oxygens (including phenoxy) is 5. The number of aliphatic hydroxyl groups is 2. The number of hydrogen-bond acceptors (Lipinski definition) is 12. The van der Waals surface area contributed by atoms with E-state index in [1.165, 1.54) is 4.90 Å². The number of fused-ring (bicyclic) bond motifs is 3. The molecule has 4 rings (SSSR count). The highest BCUT2D eigenvalue weighted by Gasteiger charge is 2.57. The number of rotatable bonds is 9. The first-order valence-corrected chi connectivity index (χ1v) is 26.7. The molecule has 2 bridgehead atoms. The minimum Gasteiger partial charge on any atom is -0.456 e. The maximum atomic E-state index is 14.8. The highest BCUT2D eigenvalue weighted by molar-refractivity contribution is 6.74. The van der Waals surface area contributed by atoms with Gasteiger partial charge in [0.05, 0.1) is 30.5 Å². The van der Waals surface area contributed by atoms with Gasteiger partial charge in [0.2, 0.25) is 5.79 Å². The van der Waals surface area contributed by atoms with Crippen LogP contribution in [0.1, 0.15) is 126 Å². The molecule has 1 aliphatic carbocycles. The van der Waals surface area contributed by atoms with E-state index >= 15 is 0 Å². The lowest BCUT2D eigenvalue weighted by Crippen LogP contribution is -2.64. The maximum absolute atomic E-state index is 14.8. The van der Waals surface area contributed by atoms with E-state index in [1.807, 2.05) is 26.8 Å². The number of methoxy groups -OCH3 is 3. The second-order valence-corrected chi connectivity index (χ2v) is 25.9. The average Bonchev–Trinajstić information content (AvgIpc) is 3.23. The lowest BCUT2D eigenvalue weighted by Gasteiger charge is -2.47. The first-order chi connectivity index (χ1) is 29.9. The van der Waals surface area contributed by atoms with Gasteiger partial charge in [0.15, 0.2) is 8.32 Å². The smallest absolute Gasteiger partial charge is 0.329 e. The number of hydrogen-bond donors (Lipinski definition) is 2. The van der Waals surface area contributed by atoms with Gasteiger partial charge >= 0.3 is 5.97 Å². The number of amides is 1. The Labute approximate surface area is 385 Å². The van der Waals surface area contributed by atoms with Gasteiger partial charge in [0, 0.05) is 52.0 Å². The summed E-state index contributed by atoms with van der Waals surface area (Å²) in [5.74, 6) is -7.14. The first-order valence-electron chi connectivity index (χ1n) is 23.8. The molecule has 0 unspecified atom stereocenters. The summed E-state index contributed by atoms with van der Waals surface area (Å²) in [4.78, 5) is 59.7. The van der Waals surface area contributed by atoms with Crippen LogP contribution >= 0.6 is 0 Å². The number of carbonyl (C=O) groups excluding carboxylic acids is 4. The van der Waals surface area contributed by atoms with Crippen molar-refractivity contribution < 1.29 is 57.5 Å². The van der Waals surface area contributed by atoms with Crippen LogP contribution in [0, 0.1) is 29.6 Å². The van der Waals surface area contributed by atoms with Crippen molar-refractivity contribution in [2.24, 2.45) is 29.6 Å². The predicted octanol–water partition coefficient (Wildman–Crippen LogP) is 7.67. The molecule has 14 atom stereocenters. The van der Waals surface area contributed by atoms with Crippen LogP contribution in [0.2, 0.25) is 18.1 Å². The minimum absolute atomic E-state index is 0.00597. The van der Waals surface area contributed by atoms with Gasteiger partial charge in [-0.1, -0.05) is 65.3 Å². The fraction of sp³-hybridized carbons (Fsp3) is 0.800. The van der Waals surface area contributed by atoms with E-state index in [2.05, 4.69) is 53.4 Å². The van der Waals surface area contributed by atoms with Crippen molar-refractivity contribution in [2.75, 3.05) is 27.9 Å². The third-order valence-electron chi connectivity index (χ3n) is 15.1. The Morgan fingerprint density at radius 1 is 0.938 bits per heavy atom. The lowest BCUT2D eigenvalue weighted by molar-refractivity contribution is -0.302. The molecule has 3 heterocycles. The van der Waals surface area contributed by atoms with Crippen molar-refractivity contribution >= 4 is 31.8 Å². The molecule has 0 aromatic carbocycles. The van der Waals surface area contributed by atoms with Crippen LogP contribution in [0.25, 0.3) is 0 Å². The predicted molar refractivity (Wildman–Crippen MR) is 249 cm³/mol. The van der Waals surface area contributed by atoms with E-state index < -0.39 is 92.2 Å². The fourth-order valence-electron chi connectivity index (χ4n) is 10.1. The lowest BCUT2D eigenvalue weighted by atomic mass is 9.81. The Kier molecular flexibility index (Phi) is 19.4. The molecule has 1 amide bonds. The SMILES string of the molecule is C=CC[C@@H]1/C=C(\C)C[C@H](C)C[C@H](OC)[C@H]2O[C@@](O)(C(=O)C(=O)N3CCCC[C@H]3C(=O)O[C@H](/C(C)=C/[C@@H]3CC[C@@H](O)[C@H](OC)C3)[C@H](C)[C@@H](O[Si](C)(C)C(C)(C)C)CC1=O)[C@H](C)C[C@@H]2OC. The van der Waals surface area contributed by atoms with Crippen LogP contribution < -0.4 is 0 Å². The molecular weight excluding hydrogens is 835 g/mol. The quantitative estimate of drug-likeness (QED) is 0.100. The van der Waals surface area contributed by atoms with E-state index in [4.69, 9.17) is 28.1 Å². The summed E-state index contributed by atoms with van der Waals surface area (Å²) >= 11 is 0. The molecule has 0 spiro atoms. The average molecular weight is 918 g/mol. The molecule has 13 nitrogen and oxygen atoms in total. The summed E-state index contributed by atoms with van der Waals surface area (Å²) in [6.07, 6.45) is 6.43. The number of piperidine rings is 1. The molecule has 3 aliphatic heterocycles. The molecule has 4 aliphatic rings. The standard InChI is InChI=1S/C50H83NO12Si/c1-15-18-36-24-30(2)23-31(3)25-42(59-11)45-43(60-12)27-33(5)50(57,62-45)46(54)47(55)51-22-17-16-19-37(51)48(56)61-44(32(4)26-35-20-21-38(52)41(28-35)58-10)34(6)40(29-39(36)53)63-64(13,14)49(7,8)9/h15,24,26,31,33-38,40-45,52,57H,1,16-23,25,27-29H2,2-14H3/b30-24+,32-26+/t31-,33+,34+,35-,36+,37-,38+,40-,41+,42-,43-,44+,45+,50+/m0/s1. The van der Waals surface area contributed by atoms with Crippen LogP contribution in [0.4, 0.5) is 0 Å². The molecule has 0 radical (unpaired) electrons. The van der Waals surface area contributed by atoms with Crippen molar-refractivity contribution in [3.8, 4) is 0 Å². The summed E-state index contributed by atoms with van der Waals surface area (Å²) in [5, 5.41) is 22.6. The molecule has 64 heavy (non-hydrogen) atoms. The monoisotopic (exact) mass is 918 g/mol. The number of aliphatic hydroxyl groups excluding tert-OH is 1. The Balaban J connectivity index is 1.90. The molecular formula is C50H83NO12Si. The molecule has 3 fully saturated rings. The minimum atomic E-state index is -2.55. The number of Topliss-reactive ketones (excluding diaryl/α,β-unsaturated/α-hetero) is 2. The largest absolute Gasteiger partial charge is 0.456 e. The van der Waals surface area contributed by atoms with Gasteiger partial charge in [-0.15, -0.1) is 6.58 Å². The molecule has 2 saturated heterocycles. The van der Waals surface area contributed by atoms with E-state index in [0.717, 1.165) is 11.1 Å². The van der Waals surface area contributed by atoms with E-state index in [1.54, 1.807) is 34.3 Å². The van der Waals surface area contributed by atoms with Crippen molar-refractivity contribution in [3.63, 3.8) is 0 Å². The van der Waals surface area contributed by atoms with E-state index in [9.17, 15) is 29.4 Å². The molecule has 1 saturated carbocycles. The first kappa shape index (κ1) is 54.0. The van der Waals surface area contributed by atoms with Gasteiger partial charge in [0.25, 0.3) is 11.7 Å². The number of carbonyl (C=O) groups is 4. The zero-order valence-corrected chi connectivity index (χ0v) is 42.4. The Bertz CT molecular complexity index is 1690. The maximum Gasteiger partial charge on any atom is 0.329 e. The van der Waals surface area contributed by atoms with Crippen LogP contribution in [0.5, 0.6) is 0 Å². The Morgan fingerprint density at radius 2 is 1.58 bits per heavy atom. The van der Waals surface area contributed by atoms with Crippen LogP contribution in [0.15, 0.2) is 36.0 Å². The number of ketones is 2. The molecule has 364 valence electrons. The zero-order valence-electron chi connectivity index (χ0n) is 41.4. The summed E-state index contributed by atoms with van der Waals surface area (Å²) in [6.45, 7) is 24.5. The number of nitrogens with zero attached hydrogens (tertiary/aromatic N) is 1. The second kappa shape index (κ2) is 23.0. The third-order valence-corrected chi connectivity index (χ3v) is 19.6. The molecule has 14 heteroatoms. The summed E-state index contributed by atoms with van der Waals surface area (Å²) < 4.78 is 37.6. The van der Waals surface area contributed by atoms with Gasteiger partial charge < -0.3 is 43.2 Å². The topological polar surface area (TPSA) is 167 Å². The Morgan fingerprint density at radius 3 is 2.19 bits per heavy atom. The molecule has 0 aromatic rings. The van der Waals surface area contributed by atoms with Gasteiger partial charge in [-0.05, 0) is 114 Å². The normalized spacial score (nSPS) is 38.4.